The molecule has 7 nitrogen and oxygen atoms in total. The summed E-state index contributed by atoms with van der Waals surface area (Å²) in [5.74, 6) is -2.40. The average molecular weight is 469 g/mol. The van der Waals surface area contributed by atoms with Gasteiger partial charge >= 0.3 is 11.9 Å². The highest BCUT2D eigenvalue weighted by atomic mass is 32.1. The van der Waals surface area contributed by atoms with Gasteiger partial charge in [0.2, 0.25) is 0 Å². The van der Waals surface area contributed by atoms with Crippen LogP contribution in [-0.2, 0) is 14.3 Å². The molecule has 0 spiro atoms. The minimum absolute atomic E-state index is 0.00128. The monoisotopic (exact) mass is 468 g/mol. The van der Waals surface area contributed by atoms with Crippen molar-refractivity contribution in [3.05, 3.63) is 73.4 Å². The van der Waals surface area contributed by atoms with Gasteiger partial charge in [0, 0.05) is 10.4 Å². The molecule has 9 heteroatoms. The van der Waals surface area contributed by atoms with E-state index in [0.29, 0.717) is 16.1 Å². The van der Waals surface area contributed by atoms with Crippen LogP contribution in [0.25, 0.3) is 5.76 Å². The first-order chi connectivity index (χ1) is 15.2. The van der Waals surface area contributed by atoms with E-state index in [9.17, 15) is 19.5 Å². The Bertz CT molecular complexity index is 1270. The van der Waals surface area contributed by atoms with E-state index in [1.165, 1.54) is 23.3 Å². The van der Waals surface area contributed by atoms with Crippen LogP contribution in [0.4, 0.5) is 5.13 Å². The summed E-state index contributed by atoms with van der Waals surface area (Å²) in [6.07, 6.45) is 0. The molecule has 1 N–H and O–H groups in total. The first-order valence-electron chi connectivity index (χ1n) is 9.72. The van der Waals surface area contributed by atoms with Crippen LogP contribution in [0.5, 0.6) is 0 Å². The number of rotatable bonds is 4. The van der Waals surface area contributed by atoms with Crippen molar-refractivity contribution in [2.24, 2.45) is 0 Å². The number of carbonyl (C=O) groups excluding carboxylic acids is 3. The fourth-order valence-corrected chi connectivity index (χ4v) is 5.48. The third-order valence-electron chi connectivity index (χ3n) is 5.27. The summed E-state index contributed by atoms with van der Waals surface area (Å²) in [5, 5.41) is 13.3. The van der Waals surface area contributed by atoms with Gasteiger partial charge in [0.05, 0.1) is 18.4 Å². The molecule has 1 aliphatic rings. The zero-order chi connectivity index (χ0) is 23.2. The Morgan fingerprint density at radius 1 is 1.19 bits per heavy atom. The highest BCUT2D eigenvalue weighted by Crippen LogP contribution is 2.45. The molecule has 3 aromatic rings. The lowest BCUT2D eigenvalue weighted by atomic mass is 9.96. The summed E-state index contributed by atoms with van der Waals surface area (Å²) in [6.45, 7) is 5.36. The van der Waals surface area contributed by atoms with Gasteiger partial charge in [-0.3, -0.25) is 14.5 Å². The molecule has 1 amide bonds. The number of benzene rings is 1. The molecule has 0 radical (unpaired) electrons. The molecule has 3 heterocycles. The second-order valence-electron chi connectivity index (χ2n) is 7.41. The van der Waals surface area contributed by atoms with Crippen LogP contribution in [0.2, 0.25) is 0 Å². The highest BCUT2D eigenvalue weighted by Gasteiger charge is 2.49. The number of methoxy groups -OCH3 is 1. The molecule has 1 atom stereocenters. The first-order valence-corrected chi connectivity index (χ1v) is 11.4. The maximum atomic E-state index is 13.2. The Labute approximate surface area is 192 Å². The second-order valence-corrected chi connectivity index (χ2v) is 9.36. The van der Waals surface area contributed by atoms with Crippen LogP contribution in [0.15, 0.2) is 41.3 Å². The van der Waals surface area contributed by atoms with Crippen LogP contribution in [0, 0.1) is 20.8 Å². The number of aliphatic hydroxyl groups excluding tert-OH is 1. The lowest BCUT2D eigenvalue weighted by Gasteiger charge is -2.21. The van der Waals surface area contributed by atoms with Gasteiger partial charge in [-0.25, -0.2) is 9.78 Å². The van der Waals surface area contributed by atoms with Gasteiger partial charge in [0.1, 0.15) is 16.7 Å². The zero-order valence-electron chi connectivity index (χ0n) is 17.8. The quantitative estimate of drug-likeness (QED) is 0.261. The number of esters is 1. The van der Waals surface area contributed by atoms with Crippen LogP contribution in [0.1, 0.15) is 43.0 Å². The molecule has 0 bridgehead atoms. The summed E-state index contributed by atoms with van der Waals surface area (Å²) in [4.78, 5) is 45.0. The van der Waals surface area contributed by atoms with Gasteiger partial charge in [-0.2, -0.15) is 0 Å². The van der Waals surface area contributed by atoms with E-state index in [4.69, 9.17) is 4.74 Å². The van der Waals surface area contributed by atoms with Crippen molar-refractivity contribution in [2.75, 3.05) is 12.0 Å². The van der Waals surface area contributed by atoms with E-state index >= 15 is 0 Å². The van der Waals surface area contributed by atoms with Crippen LogP contribution in [-0.4, -0.2) is 34.9 Å². The van der Waals surface area contributed by atoms with Gasteiger partial charge in [0.25, 0.3) is 5.78 Å². The van der Waals surface area contributed by atoms with E-state index in [-0.39, 0.29) is 21.3 Å². The summed E-state index contributed by atoms with van der Waals surface area (Å²) in [6, 6.07) is 8.30. The van der Waals surface area contributed by atoms with Gasteiger partial charge in [-0.15, -0.1) is 11.3 Å². The number of aryl methyl sites for hydroxylation is 3. The Morgan fingerprint density at radius 2 is 1.94 bits per heavy atom. The van der Waals surface area contributed by atoms with E-state index < -0.39 is 23.7 Å². The van der Waals surface area contributed by atoms with Crippen molar-refractivity contribution >= 4 is 51.2 Å². The van der Waals surface area contributed by atoms with Crippen molar-refractivity contribution in [2.45, 2.75) is 26.8 Å². The molecule has 1 fully saturated rings. The van der Waals surface area contributed by atoms with Crippen LogP contribution in [0.3, 0.4) is 0 Å². The topological polar surface area (TPSA) is 96.8 Å². The minimum Gasteiger partial charge on any atom is -0.507 e. The fraction of sp³-hybridized carbons (Fsp3) is 0.217. The number of ether oxygens (including phenoxy) is 1. The van der Waals surface area contributed by atoms with Crippen molar-refractivity contribution in [3.8, 4) is 0 Å². The Hall–Kier alpha value is -3.30. The summed E-state index contributed by atoms with van der Waals surface area (Å²) in [5.41, 5.74) is 2.59. The minimum atomic E-state index is -0.856. The Balaban J connectivity index is 1.94. The molecule has 2 aromatic heterocycles. The smallest absolute Gasteiger partial charge is 0.350 e. The summed E-state index contributed by atoms with van der Waals surface area (Å²) < 4.78 is 4.80. The number of Topliss-reactive ketones (excluding diaryl/α,β-unsaturated/α-hetero) is 1. The molecular formula is C23H20N2O5S2. The maximum Gasteiger partial charge on any atom is 0.350 e. The second kappa shape index (κ2) is 8.33. The number of hydrogen-bond acceptors (Lipinski definition) is 8. The maximum absolute atomic E-state index is 13.2. The third-order valence-corrected chi connectivity index (χ3v) is 7.33. The van der Waals surface area contributed by atoms with E-state index in [0.717, 1.165) is 22.5 Å². The van der Waals surface area contributed by atoms with Crippen LogP contribution >= 0.6 is 22.7 Å². The number of thiazole rings is 1. The van der Waals surface area contributed by atoms with E-state index in [2.05, 4.69) is 4.98 Å². The molecular weight excluding hydrogens is 448 g/mol. The number of carbonyl (C=O) groups is 3. The predicted octanol–water partition coefficient (Wildman–Crippen LogP) is 4.54. The molecule has 4 rings (SSSR count). The SMILES string of the molecule is COC(=O)c1sc(N2C(=O)C(=O)/C(=C(\O)c3cc(C)ccc3C)C2c2cccs2)nc1C. The van der Waals surface area contributed by atoms with Crippen molar-refractivity contribution in [1.29, 1.82) is 0 Å². The van der Waals surface area contributed by atoms with Gasteiger partial charge in [0.15, 0.2) is 5.13 Å². The Kier molecular flexibility index (Phi) is 5.70. The standard InChI is InChI=1S/C23H20N2O5S2/c1-11-7-8-12(2)14(10-11)18(26)16-17(15-6-5-9-31-15)25(21(28)19(16)27)23-24-13(3)20(32-23)22(29)30-4/h5-10,17,26H,1-4H3/b18-16-. The molecule has 0 saturated carbocycles. The number of thiophene rings is 1. The number of aliphatic hydroxyl groups is 1. The Morgan fingerprint density at radius 3 is 2.59 bits per heavy atom. The van der Waals surface area contributed by atoms with E-state index in [1.54, 1.807) is 19.1 Å². The zero-order valence-corrected chi connectivity index (χ0v) is 19.5. The first kappa shape index (κ1) is 21.9. The van der Waals surface area contributed by atoms with E-state index in [1.807, 2.05) is 37.4 Å². The number of anilines is 1. The van der Waals surface area contributed by atoms with Crippen molar-refractivity contribution in [1.82, 2.24) is 4.98 Å². The van der Waals surface area contributed by atoms with Gasteiger partial charge < -0.3 is 9.84 Å². The molecule has 0 aliphatic carbocycles. The molecule has 164 valence electrons. The highest BCUT2D eigenvalue weighted by molar-refractivity contribution is 7.18. The number of nitrogens with zero attached hydrogens (tertiary/aromatic N) is 2. The molecule has 1 unspecified atom stereocenters. The molecule has 32 heavy (non-hydrogen) atoms. The van der Waals surface area contributed by atoms with Crippen LogP contribution < -0.4 is 4.90 Å². The normalized spacial score (nSPS) is 17.8. The molecule has 1 aromatic carbocycles. The lowest BCUT2D eigenvalue weighted by molar-refractivity contribution is -0.132. The summed E-state index contributed by atoms with van der Waals surface area (Å²) in [7, 11) is 1.27. The number of ketones is 1. The largest absolute Gasteiger partial charge is 0.507 e. The number of amides is 1. The molecule has 1 aliphatic heterocycles. The predicted molar refractivity (Wildman–Crippen MR) is 123 cm³/mol. The van der Waals surface area contributed by atoms with Crippen molar-refractivity contribution in [3.63, 3.8) is 0 Å². The lowest BCUT2D eigenvalue weighted by Crippen LogP contribution is -2.29. The third kappa shape index (κ3) is 3.53. The fourth-order valence-electron chi connectivity index (χ4n) is 3.65. The summed E-state index contributed by atoms with van der Waals surface area (Å²) >= 11 is 2.34. The number of hydrogen-bond donors (Lipinski definition) is 1. The number of aromatic nitrogens is 1. The van der Waals surface area contributed by atoms with Crippen molar-refractivity contribution < 1.29 is 24.2 Å². The molecule has 1 saturated heterocycles. The van der Waals surface area contributed by atoms with Gasteiger partial charge in [-0.1, -0.05) is 35.1 Å². The van der Waals surface area contributed by atoms with Gasteiger partial charge in [-0.05, 0) is 43.8 Å². The average Bonchev–Trinajstić information content (AvgIpc) is 3.48.